The van der Waals surface area contributed by atoms with Gasteiger partial charge in [-0.25, -0.2) is 0 Å². The topological polar surface area (TPSA) is 34.9 Å². The summed E-state index contributed by atoms with van der Waals surface area (Å²) in [7, 11) is 1.77. The summed E-state index contributed by atoms with van der Waals surface area (Å²) >= 11 is 10.3. The molecule has 0 spiro atoms. The minimum absolute atomic E-state index is 0.0631. The molecule has 2 rings (SSSR count). The Morgan fingerprint density at radius 2 is 2.33 bits per heavy atom. The molecule has 3 nitrogen and oxygen atoms in total. The highest BCUT2D eigenvalue weighted by Gasteiger charge is 2.17. The predicted molar refractivity (Wildman–Crippen MR) is 63.7 cm³/mol. The summed E-state index contributed by atoms with van der Waals surface area (Å²) in [6, 6.07) is 3.43. The number of hydrogen-bond acceptors (Lipinski definition) is 3. The third kappa shape index (κ3) is 2.00. The molecule has 78 valence electrons. The van der Waals surface area contributed by atoms with E-state index in [2.05, 4.69) is 21.0 Å². The molecule has 0 amide bonds. The molecule has 0 aromatic carbocycles. The number of aromatic nitrogens is 2. The summed E-state index contributed by atoms with van der Waals surface area (Å²) in [6.45, 7) is 0. The molecular weight excluding hydrogens is 300 g/mol. The first-order chi connectivity index (χ1) is 7.09. The van der Waals surface area contributed by atoms with E-state index in [0.29, 0.717) is 19.4 Å². The van der Waals surface area contributed by atoms with Crippen LogP contribution in [0.5, 0.6) is 0 Å². The summed E-state index contributed by atoms with van der Waals surface area (Å²) in [4.78, 5) is 12.6. The van der Waals surface area contributed by atoms with Crippen molar-refractivity contribution in [3.63, 3.8) is 0 Å². The van der Waals surface area contributed by atoms with Crippen LogP contribution in [0.1, 0.15) is 15.2 Å². The van der Waals surface area contributed by atoms with E-state index in [0.717, 1.165) is 0 Å². The van der Waals surface area contributed by atoms with Gasteiger partial charge < -0.3 is 0 Å². The number of carbonyl (C=O) groups is 1. The molecule has 0 saturated heterocycles. The van der Waals surface area contributed by atoms with Gasteiger partial charge in [-0.1, -0.05) is 11.6 Å². The minimum Gasteiger partial charge on any atom is -0.288 e. The van der Waals surface area contributed by atoms with E-state index in [1.807, 2.05) is 0 Å². The van der Waals surface area contributed by atoms with Crippen LogP contribution in [0.15, 0.2) is 22.9 Å². The second-order valence-electron chi connectivity index (χ2n) is 2.91. The highest BCUT2D eigenvalue weighted by atomic mass is 79.9. The SMILES string of the molecule is Cn1ncc(C(=O)c2ccc(Cl)s2)c1Br. The van der Waals surface area contributed by atoms with Crippen LogP contribution in [0.3, 0.4) is 0 Å². The molecule has 0 bridgehead atoms. The van der Waals surface area contributed by atoms with E-state index >= 15 is 0 Å². The number of rotatable bonds is 2. The molecule has 0 aliphatic rings. The van der Waals surface area contributed by atoms with Gasteiger partial charge in [0.15, 0.2) is 0 Å². The van der Waals surface area contributed by atoms with Gasteiger partial charge in [0, 0.05) is 7.05 Å². The van der Waals surface area contributed by atoms with Crippen molar-refractivity contribution < 1.29 is 4.79 Å². The van der Waals surface area contributed by atoms with Crippen molar-refractivity contribution >= 4 is 44.7 Å². The third-order valence-corrected chi connectivity index (χ3v) is 4.08. The van der Waals surface area contributed by atoms with Gasteiger partial charge in [0.25, 0.3) is 0 Å². The quantitative estimate of drug-likeness (QED) is 0.799. The number of hydrogen-bond donors (Lipinski definition) is 0. The lowest BCUT2D eigenvalue weighted by Gasteiger charge is -1.95. The van der Waals surface area contributed by atoms with Gasteiger partial charge in [0.05, 0.1) is 21.0 Å². The Morgan fingerprint density at radius 1 is 1.60 bits per heavy atom. The highest BCUT2D eigenvalue weighted by molar-refractivity contribution is 9.10. The van der Waals surface area contributed by atoms with Crippen LogP contribution in [-0.2, 0) is 7.05 Å². The molecule has 6 heteroatoms. The van der Waals surface area contributed by atoms with Crippen molar-refractivity contribution in [2.75, 3.05) is 0 Å². The highest BCUT2D eigenvalue weighted by Crippen LogP contribution is 2.26. The molecule has 2 heterocycles. The molecule has 0 atom stereocenters. The van der Waals surface area contributed by atoms with Gasteiger partial charge in [-0.2, -0.15) is 5.10 Å². The summed E-state index contributed by atoms with van der Waals surface area (Å²) in [5.74, 6) is -0.0631. The molecule has 2 aromatic rings. The molecule has 0 unspecified atom stereocenters. The summed E-state index contributed by atoms with van der Waals surface area (Å²) in [5, 5.41) is 3.99. The first kappa shape index (κ1) is 10.9. The maximum Gasteiger partial charge on any atom is 0.207 e. The van der Waals surface area contributed by atoms with Crippen molar-refractivity contribution in [3.05, 3.63) is 37.7 Å². The Morgan fingerprint density at radius 3 is 2.80 bits per heavy atom. The number of carbonyl (C=O) groups excluding carboxylic acids is 1. The van der Waals surface area contributed by atoms with Crippen LogP contribution in [0.4, 0.5) is 0 Å². The van der Waals surface area contributed by atoms with Gasteiger partial charge in [-0.3, -0.25) is 9.48 Å². The predicted octanol–water partition coefficient (Wildman–Crippen LogP) is 3.13. The van der Waals surface area contributed by atoms with Crippen LogP contribution in [0, 0.1) is 0 Å². The number of nitrogens with zero attached hydrogens (tertiary/aromatic N) is 2. The van der Waals surface area contributed by atoms with E-state index in [-0.39, 0.29) is 5.78 Å². The van der Waals surface area contributed by atoms with E-state index in [1.165, 1.54) is 11.3 Å². The normalized spacial score (nSPS) is 10.6. The Labute approximate surface area is 104 Å². The Bertz CT molecular complexity index is 520. The molecule has 0 saturated carbocycles. The van der Waals surface area contributed by atoms with E-state index < -0.39 is 0 Å². The molecule has 0 radical (unpaired) electrons. The van der Waals surface area contributed by atoms with Crippen LogP contribution in [0.2, 0.25) is 4.34 Å². The Kier molecular flexibility index (Phi) is 2.95. The molecule has 0 fully saturated rings. The second-order valence-corrected chi connectivity index (χ2v) is 5.37. The standard InChI is InChI=1S/C9H6BrClN2OS/c1-13-9(10)5(4-12-13)8(14)6-2-3-7(11)15-6/h2-4H,1H3. The molecular formula is C9H6BrClN2OS. The monoisotopic (exact) mass is 304 g/mol. The fraction of sp³-hybridized carbons (Fsp3) is 0.111. The van der Waals surface area contributed by atoms with Crippen LogP contribution < -0.4 is 0 Å². The lowest BCUT2D eigenvalue weighted by atomic mass is 10.2. The Hall–Kier alpha value is -0.650. The zero-order valence-electron chi connectivity index (χ0n) is 7.70. The smallest absolute Gasteiger partial charge is 0.207 e. The van der Waals surface area contributed by atoms with Crippen molar-refractivity contribution in [3.8, 4) is 0 Å². The van der Waals surface area contributed by atoms with Crippen molar-refractivity contribution in [1.29, 1.82) is 0 Å². The third-order valence-electron chi connectivity index (χ3n) is 1.91. The maximum absolute atomic E-state index is 12.0. The van der Waals surface area contributed by atoms with Gasteiger partial charge in [-0.05, 0) is 28.1 Å². The average molecular weight is 306 g/mol. The number of halogens is 2. The van der Waals surface area contributed by atoms with E-state index in [4.69, 9.17) is 11.6 Å². The van der Waals surface area contributed by atoms with E-state index in [9.17, 15) is 4.79 Å². The van der Waals surface area contributed by atoms with Gasteiger partial charge in [-0.15, -0.1) is 11.3 Å². The van der Waals surface area contributed by atoms with Crippen LogP contribution in [0.25, 0.3) is 0 Å². The second kappa shape index (κ2) is 4.08. The Balaban J connectivity index is 2.41. The minimum atomic E-state index is -0.0631. The zero-order chi connectivity index (χ0) is 11.0. The number of ketones is 1. The summed E-state index contributed by atoms with van der Waals surface area (Å²) in [5.41, 5.74) is 0.552. The van der Waals surface area contributed by atoms with E-state index in [1.54, 1.807) is 30.1 Å². The molecule has 0 aliphatic heterocycles. The van der Waals surface area contributed by atoms with Crippen molar-refractivity contribution in [1.82, 2.24) is 9.78 Å². The first-order valence-electron chi connectivity index (χ1n) is 4.07. The fourth-order valence-corrected chi connectivity index (χ4v) is 2.52. The van der Waals surface area contributed by atoms with Gasteiger partial charge in [0.1, 0.15) is 4.60 Å². The summed E-state index contributed by atoms with van der Waals surface area (Å²) < 4.78 is 2.89. The molecule has 0 N–H and O–H groups in total. The first-order valence-corrected chi connectivity index (χ1v) is 6.06. The van der Waals surface area contributed by atoms with Gasteiger partial charge >= 0.3 is 0 Å². The summed E-state index contributed by atoms with van der Waals surface area (Å²) in [6.07, 6.45) is 1.54. The average Bonchev–Trinajstić information content (AvgIpc) is 2.75. The zero-order valence-corrected chi connectivity index (χ0v) is 10.9. The van der Waals surface area contributed by atoms with Crippen molar-refractivity contribution in [2.45, 2.75) is 0 Å². The molecule has 2 aromatic heterocycles. The van der Waals surface area contributed by atoms with Crippen LogP contribution >= 0.6 is 38.9 Å². The van der Waals surface area contributed by atoms with Crippen molar-refractivity contribution in [2.24, 2.45) is 7.05 Å². The maximum atomic E-state index is 12.0. The fourth-order valence-electron chi connectivity index (χ4n) is 1.14. The molecule has 0 aliphatic carbocycles. The number of aryl methyl sites for hydroxylation is 1. The lowest BCUT2D eigenvalue weighted by Crippen LogP contribution is -1.98. The molecule has 15 heavy (non-hydrogen) atoms. The van der Waals surface area contributed by atoms with Crippen LogP contribution in [-0.4, -0.2) is 15.6 Å². The number of thiophene rings is 1. The largest absolute Gasteiger partial charge is 0.288 e. The van der Waals surface area contributed by atoms with Gasteiger partial charge in [0.2, 0.25) is 5.78 Å². The lowest BCUT2D eigenvalue weighted by molar-refractivity contribution is 0.104.